The maximum Gasteiger partial charge on any atom is 0.409 e. The zero-order valence-electron chi connectivity index (χ0n) is 11.1. The van der Waals surface area contributed by atoms with E-state index >= 15 is 0 Å². The lowest BCUT2D eigenvalue weighted by atomic mass is 10.2. The number of hydrogen-bond donors (Lipinski definition) is 1. The first-order chi connectivity index (χ1) is 8.37. The van der Waals surface area contributed by atoms with Crippen LogP contribution in [-0.2, 0) is 16.1 Å². The molecule has 99 valence electrons. The smallest absolute Gasteiger partial charge is 0.409 e. The van der Waals surface area contributed by atoms with Crippen molar-refractivity contribution in [3.8, 4) is 0 Å². The number of nitrogens with one attached hydrogen (secondary N) is 1. The number of hydrogen-bond acceptors (Lipinski definition) is 3. The van der Waals surface area contributed by atoms with Crippen molar-refractivity contribution in [1.29, 1.82) is 0 Å². The summed E-state index contributed by atoms with van der Waals surface area (Å²) in [6, 6.07) is 9.68. The zero-order valence-corrected chi connectivity index (χ0v) is 11.1. The van der Waals surface area contributed by atoms with Gasteiger partial charge in [-0.05, 0) is 33.3 Å². The van der Waals surface area contributed by atoms with E-state index in [1.54, 1.807) is 20.8 Å². The lowest BCUT2D eigenvalue weighted by Gasteiger charge is -2.22. The van der Waals surface area contributed by atoms with Gasteiger partial charge in [0.05, 0.1) is 6.61 Å². The molecule has 1 unspecified atom stereocenters. The average molecular weight is 250 g/mol. The van der Waals surface area contributed by atoms with Gasteiger partial charge in [-0.15, -0.1) is 0 Å². The normalized spacial score (nSPS) is 12.9. The van der Waals surface area contributed by atoms with Crippen LogP contribution in [0.2, 0.25) is 0 Å². The van der Waals surface area contributed by atoms with Gasteiger partial charge in [0.2, 0.25) is 0 Å². The Balaban J connectivity index is 2.29. The summed E-state index contributed by atoms with van der Waals surface area (Å²) >= 11 is 0. The van der Waals surface area contributed by atoms with Gasteiger partial charge in [0.1, 0.15) is 11.8 Å². The van der Waals surface area contributed by atoms with E-state index in [0.29, 0.717) is 6.61 Å². The molecule has 4 heteroatoms. The highest BCUT2D eigenvalue weighted by Gasteiger charge is 2.17. The Morgan fingerprint density at radius 3 is 2.50 bits per heavy atom. The standard InChI is InChI=1S/C14H20NO3/c1-11(15-13(16)18-14(2,3)4)17-10-12-8-6-5-7-9-12/h5-9,11H,1,10H2,2-4H3,(H,15,16). The molecule has 18 heavy (non-hydrogen) atoms. The second-order valence-electron chi connectivity index (χ2n) is 4.93. The summed E-state index contributed by atoms with van der Waals surface area (Å²) in [6.07, 6.45) is -1.17. The van der Waals surface area contributed by atoms with Crippen molar-refractivity contribution in [2.75, 3.05) is 0 Å². The van der Waals surface area contributed by atoms with E-state index in [1.807, 2.05) is 30.3 Å². The summed E-state index contributed by atoms with van der Waals surface area (Å²) in [5.74, 6) is 0. The first kappa shape index (κ1) is 14.5. The molecule has 0 fully saturated rings. The van der Waals surface area contributed by atoms with Gasteiger partial charge in [-0.25, -0.2) is 4.79 Å². The lowest BCUT2D eigenvalue weighted by Crippen LogP contribution is -2.39. The van der Waals surface area contributed by atoms with E-state index in [2.05, 4.69) is 12.2 Å². The minimum absolute atomic E-state index is 0.394. The summed E-state index contributed by atoms with van der Waals surface area (Å²) in [6.45, 7) is 9.49. The Kier molecular flexibility index (Phi) is 5.16. The Morgan fingerprint density at radius 2 is 1.94 bits per heavy atom. The molecule has 0 spiro atoms. The van der Waals surface area contributed by atoms with Gasteiger partial charge in [0.25, 0.3) is 0 Å². The van der Waals surface area contributed by atoms with Crippen molar-refractivity contribution in [3.63, 3.8) is 0 Å². The minimum Gasteiger partial charge on any atom is -0.444 e. The molecule has 0 heterocycles. The van der Waals surface area contributed by atoms with E-state index in [1.165, 1.54) is 0 Å². The van der Waals surface area contributed by atoms with E-state index in [4.69, 9.17) is 9.47 Å². The third kappa shape index (κ3) is 6.25. The van der Waals surface area contributed by atoms with Gasteiger partial charge in [-0.3, -0.25) is 5.32 Å². The summed E-state index contributed by atoms with van der Waals surface area (Å²) in [4.78, 5) is 11.4. The molecule has 0 saturated heterocycles. The summed E-state index contributed by atoms with van der Waals surface area (Å²) in [5, 5.41) is 2.51. The lowest BCUT2D eigenvalue weighted by molar-refractivity contribution is 0.0165. The van der Waals surface area contributed by atoms with Crippen LogP contribution in [0.1, 0.15) is 26.3 Å². The number of ether oxygens (including phenoxy) is 2. The maximum absolute atomic E-state index is 11.4. The highest BCUT2D eigenvalue weighted by molar-refractivity contribution is 5.67. The molecule has 0 aliphatic rings. The monoisotopic (exact) mass is 250 g/mol. The predicted octanol–water partition coefficient (Wildman–Crippen LogP) is 2.89. The zero-order chi connectivity index (χ0) is 13.6. The van der Waals surface area contributed by atoms with E-state index < -0.39 is 17.9 Å². The molecule has 4 nitrogen and oxygen atoms in total. The Hall–Kier alpha value is -1.55. The maximum atomic E-state index is 11.4. The third-order valence-corrected chi connectivity index (χ3v) is 1.97. The Labute approximate surface area is 108 Å². The first-order valence-corrected chi connectivity index (χ1v) is 5.85. The molecule has 1 amide bonds. The SMILES string of the molecule is [CH2]C(NC(=O)OC(C)(C)C)OCc1ccccc1. The predicted molar refractivity (Wildman–Crippen MR) is 69.7 cm³/mol. The molecule has 1 aromatic carbocycles. The Bertz CT molecular complexity index is 370. The van der Waals surface area contributed by atoms with Crippen molar-refractivity contribution < 1.29 is 14.3 Å². The van der Waals surface area contributed by atoms with Crippen LogP contribution in [0.15, 0.2) is 30.3 Å². The number of carbonyl (C=O) groups excluding carboxylic acids is 1. The first-order valence-electron chi connectivity index (χ1n) is 5.85. The molecule has 0 aromatic heterocycles. The van der Waals surface area contributed by atoms with Gasteiger partial charge in [0.15, 0.2) is 0 Å². The van der Waals surface area contributed by atoms with Crippen LogP contribution in [-0.4, -0.2) is 17.9 Å². The van der Waals surface area contributed by atoms with Crippen molar-refractivity contribution in [2.45, 2.75) is 39.2 Å². The molecule has 1 aromatic rings. The minimum atomic E-state index is -0.639. The molecular weight excluding hydrogens is 230 g/mol. The van der Waals surface area contributed by atoms with E-state index in [9.17, 15) is 4.79 Å². The van der Waals surface area contributed by atoms with Gasteiger partial charge >= 0.3 is 6.09 Å². The van der Waals surface area contributed by atoms with Crippen molar-refractivity contribution in [1.82, 2.24) is 5.32 Å². The molecule has 0 saturated carbocycles. The second-order valence-corrected chi connectivity index (χ2v) is 4.93. The molecule has 1 radical (unpaired) electrons. The van der Waals surface area contributed by atoms with Crippen LogP contribution >= 0.6 is 0 Å². The molecule has 0 bridgehead atoms. The van der Waals surface area contributed by atoms with Crippen LogP contribution < -0.4 is 5.32 Å². The van der Waals surface area contributed by atoms with Crippen molar-refractivity contribution >= 4 is 6.09 Å². The van der Waals surface area contributed by atoms with Gasteiger partial charge in [-0.1, -0.05) is 30.3 Å². The fourth-order valence-corrected chi connectivity index (χ4v) is 1.25. The summed E-state index contributed by atoms with van der Waals surface area (Å²) in [5.41, 5.74) is 0.501. The molecule has 0 aliphatic heterocycles. The summed E-state index contributed by atoms with van der Waals surface area (Å²) < 4.78 is 10.5. The van der Waals surface area contributed by atoms with Crippen LogP contribution in [0, 0.1) is 6.92 Å². The number of rotatable bonds is 4. The fourth-order valence-electron chi connectivity index (χ4n) is 1.25. The highest BCUT2D eigenvalue weighted by Crippen LogP contribution is 2.07. The number of amides is 1. The highest BCUT2D eigenvalue weighted by atomic mass is 16.6. The van der Waals surface area contributed by atoms with Crippen molar-refractivity contribution in [2.24, 2.45) is 0 Å². The van der Waals surface area contributed by atoms with E-state index in [0.717, 1.165) is 5.56 Å². The molecule has 0 aliphatic carbocycles. The van der Waals surface area contributed by atoms with Crippen LogP contribution in [0.5, 0.6) is 0 Å². The number of benzene rings is 1. The quantitative estimate of drug-likeness (QED) is 0.836. The largest absolute Gasteiger partial charge is 0.444 e. The number of carbonyl (C=O) groups is 1. The van der Waals surface area contributed by atoms with Crippen molar-refractivity contribution in [3.05, 3.63) is 42.8 Å². The molecule has 1 atom stereocenters. The fraction of sp³-hybridized carbons (Fsp3) is 0.429. The molecular formula is C14H20NO3. The van der Waals surface area contributed by atoms with Gasteiger partial charge in [0, 0.05) is 0 Å². The van der Waals surface area contributed by atoms with E-state index in [-0.39, 0.29) is 0 Å². The Morgan fingerprint density at radius 1 is 1.33 bits per heavy atom. The van der Waals surface area contributed by atoms with Crippen LogP contribution in [0.4, 0.5) is 4.79 Å². The van der Waals surface area contributed by atoms with Crippen LogP contribution in [0.3, 0.4) is 0 Å². The molecule has 1 rings (SSSR count). The summed E-state index contributed by atoms with van der Waals surface area (Å²) in [7, 11) is 0. The van der Waals surface area contributed by atoms with Gasteiger partial charge < -0.3 is 9.47 Å². The van der Waals surface area contributed by atoms with Crippen LogP contribution in [0.25, 0.3) is 0 Å². The third-order valence-electron chi connectivity index (χ3n) is 1.97. The average Bonchev–Trinajstić information content (AvgIpc) is 2.25. The van der Waals surface area contributed by atoms with Gasteiger partial charge in [-0.2, -0.15) is 0 Å². The number of alkyl carbamates (subject to hydrolysis) is 1. The molecule has 1 N–H and O–H groups in total. The second kappa shape index (κ2) is 6.40. The topological polar surface area (TPSA) is 47.6 Å².